The first kappa shape index (κ1) is 15.1. The van der Waals surface area contributed by atoms with Crippen molar-refractivity contribution in [3.8, 4) is 0 Å². The topological polar surface area (TPSA) is 41.1 Å². The zero-order chi connectivity index (χ0) is 15.1. The SMILES string of the molecule is CCCNc1ccccc1C(=O)N[C@H](C)c1ccccc1. The zero-order valence-electron chi connectivity index (χ0n) is 12.6. The fourth-order valence-electron chi connectivity index (χ4n) is 2.19. The Hall–Kier alpha value is -2.29. The maximum absolute atomic E-state index is 12.5. The highest BCUT2D eigenvalue weighted by Crippen LogP contribution is 2.17. The van der Waals surface area contributed by atoms with Crippen LogP contribution >= 0.6 is 0 Å². The number of rotatable bonds is 6. The Bertz CT molecular complexity index is 581. The number of para-hydroxylation sites is 1. The first-order chi connectivity index (χ1) is 10.2. The second-order valence-corrected chi connectivity index (χ2v) is 5.08. The van der Waals surface area contributed by atoms with Crippen molar-refractivity contribution in [3.63, 3.8) is 0 Å². The molecule has 3 heteroatoms. The summed E-state index contributed by atoms with van der Waals surface area (Å²) in [6.45, 7) is 4.96. The molecular weight excluding hydrogens is 260 g/mol. The minimum Gasteiger partial charge on any atom is -0.384 e. The highest BCUT2D eigenvalue weighted by atomic mass is 16.1. The molecule has 3 nitrogen and oxygen atoms in total. The molecule has 2 rings (SSSR count). The third kappa shape index (κ3) is 4.09. The fraction of sp³-hybridized carbons (Fsp3) is 0.278. The predicted octanol–water partition coefficient (Wildman–Crippen LogP) is 4.00. The lowest BCUT2D eigenvalue weighted by atomic mass is 10.1. The van der Waals surface area contributed by atoms with Crippen LogP contribution in [-0.4, -0.2) is 12.5 Å². The van der Waals surface area contributed by atoms with E-state index < -0.39 is 0 Å². The Kier molecular flexibility index (Phi) is 5.38. The van der Waals surface area contributed by atoms with Crippen molar-refractivity contribution < 1.29 is 4.79 Å². The molecule has 0 saturated heterocycles. The van der Waals surface area contributed by atoms with Gasteiger partial charge in [-0.05, 0) is 31.0 Å². The summed E-state index contributed by atoms with van der Waals surface area (Å²) in [6.07, 6.45) is 1.02. The van der Waals surface area contributed by atoms with Crippen molar-refractivity contribution in [1.29, 1.82) is 0 Å². The van der Waals surface area contributed by atoms with Crippen LogP contribution in [-0.2, 0) is 0 Å². The quantitative estimate of drug-likeness (QED) is 0.841. The second-order valence-electron chi connectivity index (χ2n) is 5.08. The standard InChI is InChI=1S/C18H22N2O/c1-3-13-19-17-12-8-7-11-16(17)18(21)20-14(2)15-9-5-4-6-10-15/h4-12,14,19H,3,13H2,1-2H3,(H,20,21)/t14-/m1/s1. The Morgan fingerprint density at radius 2 is 1.71 bits per heavy atom. The molecule has 0 aliphatic heterocycles. The number of nitrogens with one attached hydrogen (secondary N) is 2. The third-order valence-corrected chi connectivity index (χ3v) is 3.38. The maximum atomic E-state index is 12.5. The fourth-order valence-corrected chi connectivity index (χ4v) is 2.19. The van der Waals surface area contributed by atoms with E-state index in [0.717, 1.165) is 24.2 Å². The van der Waals surface area contributed by atoms with Crippen LogP contribution in [0.25, 0.3) is 0 Å². The lowest BCUT2D eigenvalue weighted by Gasteiger charge is -2.16. The van der Waals surface area contributed by atoms with Crippen LogP contribution in [0.15, 0.2) is 54.6 Å². The molecule has 2 aromatic carbocycles. The minimum atomic E-state index is -0.0504. The van der Waals surface area contributed by atoms with Gasteiger partial charge in [0.05, 0.1) is 11.6 Å². The average molecular weight is 282 g/mol. The van der Waals surface area contributed by atoms with E-state index in [4.69, 9.17) is 0 Å². The smallest absolute Gasteiger partial charge is 0.253 e. The third-order valence-electron chi connectivity index (χ3n) is 3.38. The molecule has 2 N–H and O–H groups in total. The predicted molar refractivity (Wildman–Crippen MR) is 87.5 cm³/mol. The van der Waals surface area contributed by atoms with Gasteiger partial charge in [-0.25, -0.2) is 0 Å². The number of benzene rings is 2. The normalized spacial score (nSPS) is 11.7. The molecule has 0 heterocycles. The average Bonchev–Trinajstić information content (AvgIpc) is 2.54. The minimum absolute atomic E-state index is 0.0158. The van der Waals surface area contributed by atoms with Gasteiger partial charge in [-0.15, -0.1) is 0 Å². The van der Waals surface area contributed by atoms with E-state index in [-0.39, 0.29) is 11.9 Å². The molecule has 0 bridgehead atoms. The van der Waals surface area contributed by atoms with Gasteiger partial charge in [0.25, 0.3) is 5.91 Å². The van der Waals surface area contributed by atoms with E-state index in [1.165, 1.54) is 0 Å². The summed E-state index contributed by atoms with van der Waals surface area (Å²) >= 11 is 0. The number of carbonyl (C=O) groups is 1. The van der Waals surface area contributed by atoms with Gasteiger partial charge in [-0.1, -0.05) is 49.4 Å². The molecule has 0 aliphatic carbocycles. The van der Waals surface area contributed by atoms with Crippen LogP contribution in [0.3, 0.4) is 0 Å². The Morgan fingerprint density at radius 3 is 2.43 bits per heavy atom. The molecule has 0 spiro atoms. The molecule has 21 heavy (non-hydrogen) atoms. The number of hydrogen-bond donors (Lipinski definition) is 2. The molecule has 110 valence electrons. The second kappa shape index (κ2) is 7.48. The van der Waals surface area contributed by atoms with Gasteiger partial charge >= 0.3 is 0 Å². The van der Waals surface area contributed by atoms with Gasteiger partial charge < -0.3 is 10.6 Å². The van der Waals surface area contributed by atoms with Crippen molar-refractivity contribution in [3.05, 3.63) is 65.7 Å². The molecule has 0 radical (unpaired) electrons. The van der Waals surface area contributed by atoms with Crippen molar-refractivity contribution in [1.82, 2.24) is 5.32 Å². The summed E-state index contributed by atoms with van der Waals surface area (Å²) < 4.78 is 0. The van der Waals surface area contributed by atoms with Crippen LogP contribution in [0.1, 0.15) is 42.2 Å². The summed E-state index contributed by atoms with van der Waals surface area (Å²) in [5.41, 5.74) is 2.68. The van der Waals surface area contributed by atoms with Crippen LogP contribution in [0.4, 0.5) is 5.69 Å². The van der Waals surface area contributed by atoms with Gasteiger partial charge in [0, 0.05) is 12.2 Å². The molecule has 0 aromatic heterocycles. The highest BCUT2D eigenvalue weighted by molar-refractivity contribution is 5.99. The Labute approximate surface area is 126 Å². The molecule has 1 amide bonds. The van der Waals surface area contributed by atoms with E-state index in [9.17, 15) is 4.79 Å². The number of anilines is 1. The molecule has 1 atom stereocenters. The monoisotopic (exact) mass is 282 g/mol. The summed E-state index contributed by atoms with van der Waals surface area (Å²) in [7, 11) is 0. The van der Waals surface area contributed by atoms with Crippen molar-refractivity contribution in [2.75, 3.05) is 11.9 Å². The largest absolute Gasteiger partial charge is 0.384 e. The van der Waals surface area contributed by atoms with Crippen molar-refractivity contribution in [2.45, 2.75) is 26.3 Å². The number of amides is 1. The lowest BCUT2D eigenvalue weighted by Crippen LogP contribution is -2.27. The summed E-state index contributed by atoms with van der Waals surface area (Å²) in [5.74, 6) is -0.0504. The van der Waals surface area contributed by atoms with Crippen LogP contribution in [0, 0.1) is 0 Å². The molecule has 0 saturated carbocycles. The van der Waals surface area contributed by atoms with E-state index in [0.29, 0.717) is 5.56 Å². The first-order valence-corrected chi connectivity index (χ1v) is 7.41. The summed E-state index contributed by atoms with van der Waals surface area (Å²) in [6, 6.07) is 17.6. The molecule has 0 fully saturated rings. The van der Waals surface area contributed by atoms with Crippen LogP contribution in [0.2, 0.25) is 0 Å². The zero-order valence-corrected chi connectivity index (χ0v) is 12.6. The molecule has 0 unspecified atom stereocenters. The van der Waals surface area contributed by atoms with Gasteiger partial charge in [0.1, 0.15) is 0 Å². The van der Waals surface area contributed by atoms with Gasteiger partial charge in [-0.3, -0.25) is 4.79 Å². The number of carbonyl (C=O) groups excluding carboxylic acids is 1. The van der Waals surface area contributed by atoms with E-state index in [1.807, 2.05) is 61.5 Å². The van der Waals surface area contributed by atoms with E-state index in [1.54, 1.807) is 0 Å². The van der Waals surface area contributed by atoms with Gasteiger partial charge in [0.2, 0.25) is 0 Å². The van der Waals surface area contributed by atoms with Crippen LogP contribution in [0.5, 0.6) is 0 Å². The first-order valence-electron chi connectivity index (χ1n) is 7.41. The molecular formula is C18H22N2O. The Morgan fingerprint density at radius 1 is 1.05 bits per heavy atom. The van der Waals surface area contributed by atoms with E-state index >= 15 is 0 Å². The van der Waals surface area contributed by atoms with E-state index in [2.05, 4.69) is 17.6 Å². The lowest BCUT2D eigenvalue weighted by molar-refractivity contribution is 0.0940. The molecule has 2 aromatic rings. The summed E-state index contributed by atoms with van der Waals surface area (Å²) in [4.78, 5) is 12.5. The number of hydrogen-bond acceptors (Lipinski definition) is 2. The van der Waals surface area contributed by atoms with Crippen LogP contribution < -0.4 is 10.6 Å². The maximum Gasteiger partial charge on any atom is 0.253 e. The highest BCUT2D eigenvalue weighted by Gasteiger charge is 2.14. The summed E-state index contributed by atoms with van der Waals surface area (Å²) in [5, 5.41) is 6.35. The molecule has 0 aliphatic rings. The van der Waals surface area contributed by atoms with Crippen molar-refractivity contribution >= 4 is 11.6 Å². The Balaban J connectivity index is 2.10. The van der Waals surface area contributed by atoms with Crippen molar-refractivity contribution in [2.24, 2.45) is 0 Å². The van der Waals surface area contributed by atoms with Gasteiger partial charge in [0.15, 0.2) is 0 Å². The van der Waals surface area contributed by atoms with Gasteiger partial charge in [-0.2, -0.15) is 0 Å².